The van der Waals surface area contributed by atoms with Crippen molar-refractivity contribution in [1.29, 1.82) is 0 Å². The summed E-state index contributed by atoms with van der Waals surface area (Å²) in [6, 6.07) is 9.44. The fourth-order valence-corrected chi connectivity index (χ4v) is 2.32. The van der Waals surface area contributed by atoms with Crippen LogP contribution in [0.5, 0.6) is 11.5 Å². The van der Waals surface area contributed by atoms with E-state index in [-0.39, 0.29) is 6.04 Å². The molecule has 0 amide bonds. The Kier molecular flexibility index (Phi) is 3.89. The van der Waals surface area contributed by atoms with Gasteiger partial charge in [0.15, 0.2) is 0 Å². The molecule has 0 aliphatic heterocycles. The van der Waals surface area contributed by atoms with Gasteiger partial charge in [0, 0.05) is 16.8 Å². The highest BCUT2D eigenvalue weighted by Crippen LogP contribution is 2.32. The number of nitrogens with one attached hydrogen (secondary N) is 1. The zero-order valence-corrected chi connectivity index (χ0v) is 12.4. The first-order valence-electron chi connectivity index (χ1n) is 6.75. The van der Waals surface area contributed by atoms with E-state index in [4.69, 9.17) is 0 Å². The molecule has 0 radical (unpaired) electrons. The number of aromatic hydroxyl groups is 2. The van der Waals surface area contributed by atoms with E-state index in [2.05, 4.69) is 5.32 Å². The maximum atomic E-state index is 10.0. The molecule has 3 nitrogen and oxygen atoms in total. The van der Waals surface area contributed by atoms with Gasteiger partial charge in [0.1, 0.15) is 11.5 Å². The van der Waals surface area contributed by atoms with E-state index in [1.54, 1.807) is 6.07 Å². The summed E-state index contributed by atoms with van der Waals surface area (Å²) in [4.78, 5) is 0. The van der Waals surface area contributed by atoms with Crippen LogP contribution >= 0.6 is 0 Å². The summed E-state index contributed by atoms with van der Waals surface area (Å²) in [6.07, 6.45) is 0. The van der Waals surface area contributed by atoms with Gasteiger partial charge in [-0.3, -0.25) is 0 Å². The molecule has 0 aliphatic carbocycles. The van der Waals surface area contributed by atoms with E-state index in [0.29, 0.717) is 11.5 Å². The molecule has 0 bridgehead atoms. The summed E-state index contributed by atoms with van der Waals surface area (Å²) < 4.78 is 0. The Morgan fingerprint density at radius 1 is 1.00 bits per heavy atom. The van der Waals surface area contributed by atoms with Gasteiger partial charge in [0.2, 0.25) is 0 Å². The number of rotatable bonds is 3. The summed E-state index contributed by atoms with van der Waals surface area (Å²) in [7, 11) is 0. The highest BCUT2D eigenvalue weighted by Gasteiger charge is 2.13. The average molecular weight is 271 g/mol. The largest absolute Gasteiger partial charge is 0.508 e. The highest BCUT2D eigenvalue weighted by molar-refractivity contribution is 5.60. The molecular formula is C17H21NO2. The maximum Gasteiger partial charge on any atom is 0.123 e. The Morgan fingerprint density at radius 2 is 1.70 bits per heavy atom. The van der Waals surface area contributed by atoms with Gasteiger partial charge in [-0.05, 0) is 51.0 Å². The van der Waals surface area contributed by atoms with Crippen LogP contribution in [0.3, 0.4) is 0 Å². The van der Waals surface area contributed by atoms with Crippen LogP contribution in [-0.4, -0.2) is 10.2 Å². The van der Waals surface area contributed by atoms with Crippen LogP contribution in [0.15, 0.2) is 30.3 Å². The lowest BCUT2D eigenvalue weighted by atomic mass is 10.0. The van der Waals surface area contributed by atoms with Crippen LogP contribution in [-0.2, 0) is 0 Å². The number of benzene rings is 2. The van der Waals surface area contributed by atoms with E-state index in [9.17, 15) is 10.2 Å². The molecule has 0 saturated carbocycles. The van der Waals surface area contributed by atoms with E-state index >= 15 is 0 Å². The topological polar surface area (TPSA) is 52.5 Å². The van der Waals surface area contributed by atoms with Gasteiger partial charge in [-0.2, -0.15) is 0 Å². The minimum Gasteiger partial charge on any atom is -0.508 e. The van der Waals surface area contributed by atoms with E-state index in [1.807, 2.05) is 52.0 Å². The fraction of sp³-hybridized carbons (Fsp3) is 0.294. The van der Waals surface area contributed by atoms with Gasteiger partial charge in [-0.25, -0.2) is 0 Å². The van der Waals surface area contributed by atoms with Crippen LogP contribution in [0.25, 0.3) is 0 Å². The maximum absolute atomic E-state index is 10.0. The third kappa shape index (κ3) is 2.72. The second-order valence-corrected chi connectivity index (χ2v) is 5.33. The molecule has 0 heterocycles. The van der Waals surface area contributed by atoms with Crippen molar-refractivity contribution < 1.29 is 10.2 Å². The van der Waals surface area contributed by atoms with Crippen molar-refractivity contribution in [2.75, 3.05) is 5.32 Å². The molecule has 0 aromatic heterocycles. The van der Waals surface area contributed by atoms with Crippen molar-refractivity contribution in [3.05, 3.63) is 52.6 Å². The average Bonchev–Trinajstić information content (AvgIpc) is 2.39. The Labute approximate surface area is 119 Å². The Bertz CT molecular complexity index is 635. The SMILES string of the molecule is Cc1ccc(C(C)Nc2ccc(C)c(O)c2C)c(O)c1. The zero-order valence-electron chi connectivity index (χ0n) is 12.4. The summed E-state index contributed by atoms with van der Waals surface area (Å²) in [5.41, 5.74) is 4.43. The van der Waals surface area contributed by atoms with Gasteiger partial charge in [-0.15, -0.1) is 0 Å². The first-order valence-corrected chi connectivity index (χ1v) is 6.75. The van der Waals surface area contributed by atoms with E-state index in [1.165, 1.54) is 0 Å². The molecule has 3 heteroatoms. The summed E-state index contributed by atoms with van der Waals surface area (Å²) in [5, 5.41) is 23.3. The summed E-state index contributed by atoms with van der Waals surface area (Å²) in [6.45, 7) is 7.69. The standard InChI is InChI=1S/C17H21NO2/c1-10-5-7-14(16(19)9-10)13(4)18-15-8-6-11(2)17(20)12(15)3/h5-9,13,18-20H,1-4H3. The normalized spacial score (nSPS) is 12.2. The van der Waals surface area contributed by atoms with Gasteiger partial charge in [-0.1, -0.05) is 18.2 Å². The summed E-state index contributed by atoms with van der Waals surface area (Å²) in [5.74, 6) is 0.606. The molecule has 20 heavy (non-hydrogen) atoms. The quantitative estimate of drug-likeness (QED) is 0.784. The Hall–Kier alpha value is -2.16. The predicted molar refractivity (Wildman–Crippen MR) is 82.5 cm³/mol. The minimum absolute atomic E-state index is 0.0450. The summed E-state index contributed by atoms with van der Waals surface area (Å²) >= 11 is 0. The van der Waals surface area contributed by atoms with Gasteiger partial charge in [0.25, 0.3) is 0 Å². The molecule has 2 rings (SSSR count). The van der Waals surface area contributed by atoms with Crippen molar-refractivity contribution in [3.8, 4) is 11.5 Å². The molecular weight excluding hydrogens is 250 g/mol. The smallest absolute Gasteiger partial charge is 0.123 e. The van der Waals surface area contributed by atoms with Crippen molar-refractivity contribution in [1.82, 2.24) is 0 Å². The zero-order chi connectivity index (χ0) is 14.9. The van der Waals surface area contributed by atoms with Gasteiger partial charge in [0.05, 0.1) is 6.04 Å². The van der Waals surface area contributed by atoms with Gasteiger partial charge < -0.3 is 15.5 Å². The number of hydrogen-bond acceptors (Lipinski definition) is 3. The molecule has 2 aromatic carbocycles. The van der Waals surface area contributed by atoms with Crippen LogP contribution < -0.4 is 5.32 Å². The number of phenolic OH excluding ortho intramolecular Hbond substituents is 2. The van der Waals surface area contributed by atoms with Crippen molar-refractivity contribution >= 4 is 5.69 Å². The molecule has 1 unspecified atom stereocenters. The lowest BCUT2D eigenvalue weighted by Gasteiger charge is -2.19. The third-order valence-electron chi connectivity index (χ3n) is 3.66. The Morgan fingerprint density at radius 3 is 2.35 bits per heavy atom. The second-order valence-electron chi connectivity index (χ2n) is 5.33. The number of anilines is 1. The molecule has 3 N–H and O–H groups in total. The molecule has 0 spiro atoms. The molecule has 0 aliphatic rings. The third-order valence-corrected chi connectivity index (χ3v) is 3.66. The number of phenols is 2. The van der Waals surface area contributed by atoms with Crippen molar-refractivity contribution in [2.45, 2.75) is 33.7 Å². The first kappa shape index (κ1) is 14.3. The monoisotopic (exact) mass is 271 g/mol. The molecule has 0 fully saturated rings. The van der Waals surface area contributed by atoms with Crippen LogP contribution in [0.2, 0.25) is 0 Å². The lowest BCUT2D eigenvalue weighted by Crippen LogP contribution is -2.08. The highest BCUT2D eigenvalue weighted by atomic mass is 16.3. The van der Waals surface area contributed by atoms with Crippen molar-refractivity contribution in [2.24, 2.45) is 0 Å². The van der Waals surface area contributed by atoms with Crippen molar-refractivity contribution in [3.63, 3.8) is 0 Å². The van der Waals surface area contributed by atoms with Crippen LogP contribution in [0.4, 0.5) is 5.69 Å². The fourth-order valence-electron chi connectivity index (χ4n) is 2.32. The molecule has 2 aromatic rings. The van der Waals surface area contributed by atoms with E-state index in [0.717, 1.165) is 27.9 Å². The van der Waals surface area contributed by atoms with Crippen LogP contribution in [0.1, 0.15) is 35.2 Å². The molecule has 0 saturated heterocycles. The first-order chi connectivity index (χ1) is 9.40. The Balaban J connectivity index is 2.28. The predicted octanol–water partition coefficient (Wildman–Crippen LogP) is 4.20. The minimum atomic E-state index is -0.0450. The van der Waals surface area contributed by atoms with Crippen LogP contribution in [0, 0.1) is 20.8 Å². The molecule has 1 atom stereocenters. The molecule has 106 valence electrons. The lowest BCUT2D eigenvalue weighted by molar-refractivity contribution is 0.464. The number of hydrogen-bond donors (Lipinski definition) is 3. The van der Waals surface area contributed by atoms with Gasteiger partial charge >= 0.3 is 0 Å². The number of aryl methyl sites for hydroxylation is 2. The second kappa shape index (κ2) is 5.45. The van der Waals surface area contributed by atoms with E-state index < -0.39 is 0 Å².